The Morgan fingerprint density at radius 3 is 3.32 bits per heavy atom. The fourth-order valence-electron chi connectivity index (χ4n) is 1.80. The standard InChI is InChI=1S/C11H17N7O/c12-6-10-16-8-18(17-10)4-3-14-11(13)15-7-9-2-1-5-19-9/h8-9H,1-5,7H2,(H3,13,14,15). The van der Waals surface area contributed by atoms with E-state index in [0.717, 1.165) is 19.4 Å². The number of rotatable bonds is 5. The van der Waals surface area contributed by atoms with E-state index < -0.39 is 0 Å². The molecular weight excluding hydrogens is 246 g/mol. The second-order valence-electron chi connectivity index (χ2n) is 4.23. The molecule has 8 heteroatoms. The molecule has 0 aromatic carbocycles. The molecule has 1 atom stereocenters. The van der Waals surface area contributed by atoms with Gasteiger partial charge in [-0.3, -0.25) is 4.99 Å². The molecule has 0 saturated carbocycles. The van der Waals surface area contributed by atoms with Crippen LogP contribution in [-0.4, -0.2) is 46.5 Å². The maximum Gasteiger partial charge on any atom is 0.252 e. The highest BCUT2D eigenvalue weighted by Gasteiger charge is 2.14. The van der Waals surface area contributed by atoms with E-state index in [1.54, 1.807) is 4.68 Å². The van der Waals surface area contributed by atoms with Gasteiger partial charge in [-0.2, -0.15) is 5.26 Å². The quantitative estimate of drug-likeness (QED) is 0.532. The minimum absolute atomic E-state index is 0.167. The van der Waals surface area contributed by atoms with Crippen LogP contribution in [0.5, 0.6) is 0 Å². The lowest BCUT2D eigenvalue weighted by Gasteiger charge is -2.08. The molecule has 0 aliphatic carbocycles. The van der Waals surface area contributed by atoms with Crippen molar-refractivity contribution in [2.75, 3.05) is 19.7 Å². The first-order valence-electron chi connectivity index (χ1n) is 6.23. The van der Waals surface area contributed by atoms with Gasteiger partial charge in [0, 0.05) is 13.2 Å². The monoisotopic (exact) mass is 263 g/mol. The first-order valence-corrected chi connectivity index (χ1v) is 6.23. The van der Waals surface area contributed by atoms with Crippen LogP contribution in [0.25, 0.3) is 0 Å². The molecule has 0 radical (unpaired) electrons. The molecule has 0 spiro atoms. The predicted octanol–water partition coefficient (Wildman–Crippen LogP) is -0.767. The predicted molar refractivity (Wildman–Crippen MR) is 68.2 cm³/mol. The van der Waals surface area contributed by atoms with Crippen molar-refractivity contribution >= 4 is 5.96 Å². The molecule has 1 saturated heterocycles. The molecule has 102 valence electrons. The number of nitrogens with one attached hydrogen (secondary N) is 1. The molecule has 0 bridgehead atoms. The third kappa shape index (κ3) is 4.22. The van der Waals surface area contributed by atoms with Crippen LogP contribution in [0.4, 0.5) is 0 Å². The van der Waals surface area contributed by atoms with Crippen molar-refractivity contribution in [3.8, 4) is 6.07 Å². The Kier molecular flexibility index (Phi) is 4.69. The van der Waals surface area contributed by atoms with Crippen LogP contribution < -0.4 is 11.1 Å². The summed E-state index contributed by atoms with van der Waals surface area (Å²) in [6, 6.07) is 1.87. The largest absolute Gasteiger partial charge is 0.376 e. The molecule has 1 aliphatic heterocycles. The molecule has 2 heterocycles. The summed E-state index contributed by atoms with van der Waals surface area (Å²) in [7, 11) is 0. The van der Waals surface area contributed by atoms with Crippen molar-refractivity contribution < 1.29 is 4.74 Å². The van der Waals surface area contributed by atoms with Crippen LogP contribution in [0.1, 0.15) is 18.7 Å². The minimum atomic E-state index is 0.167. The number of nitrogens with two attached hydrogens (primary N) is 1. The van der Waals surface area contributed by atoms with Crippen LogP contribution in [0.15, 0.2) is 11.3 Å². The molecule has 19 heavy (non-hydrogen) atoms. The van der Waals surface area contributed by atoms with Crippen molar-refractivity contribution in [2.24, 2.45) is 10.7 Å². The average molecular weight is 263 g/mol. The Labute approximate surface area is 111 Å². The highest BCUT2D eigenvalue weighted by molar-refractivity contribution is 5.77. The van der Waals surface area contributed by atoms with Crippen molar-refractivity contribution in [1.29, 1.82) is 5.26 Å². The Balaban J connectivity index is 1.66. The van der Waals surface area contributed by atoms with Crippen molar-refractivity contribution in [1.82, 2.24) is 20.1 Å². The van der Waals surface area contributed by atoms with Gasteiger partial charge < -0.3 is 15.8 Å². The second-order valence-corrected chi connectivity index (χ2v) is 4.23. The molecule has 0 amide bonds. The Bertz CT molecular complexity index is 470. The number of aromatic nitrogens is 3. The molecule has 1 aromatic heterocycles. The second kappa shape index (κ2) is 6.70. The lowest BCUT2D eigenvalue weighted by atomic mass is 10.2. The van der Waals surface area contributed by atoms with E-state index in [-0.39, 0.29) is 11.9 Å². The maximum absolute atomic E-state index is 8.58. The summed E-state index contributed by atoms with van der Waals surface area (Å²) in [6.45, 7) is 2.57. The highest BCUT2D eigenvalue weighted by Crippen LogP contribution is 2.11. The van der Waals surface area contributed by atoms with Crippen molar-refractivity contribution in [3.63, 3.8) is 0 Å². The summed E-state index contributed by atoms with van der Waals surface area (Å²) in [5.74, 6) is 0.566. The number of aliphatic imine (C=N–C) groups is 1. The third-order valence-electron chi connectivity index (χ3n) is 2.77. The van der Waals surface area contributed by atoms with Gasteiger partial charge in [-0.1, -0.05) is 0 Å². The zero-order valence-corrected chi connectivity index (χ0v) is 10.6. The van der Waals surface area contributed by atoms with E-state index in [4.69, 9.17) is 15.7 Å². The smallest absolute Gasteiger partial charge is 0.252 e. The van der Waals surface area contributed by atoms with Crippen LogP contribution in [-0.2, 0) is 11.3 Å². The molecule has 1 aliphatic rings. The van der Waals surface area contributed by atoms with Gasteiger partial charge in [0.1, 0.15) is 12.4 Å². The lowest BCUT2D eigenvalue weighted by molar-refractivity contribution is 0.118. The molecule has 2 rings (SSSR count). The summed E-state index contributed by atoms with van der Waals surface area (Å²) in [4.78, 5) is 8.03. The lowest BCUT2D eigenvalue weighted by Crippen LogP contribution is -2.35. The fraction of sp³-hybridized carbons (Fsp3) is 0.636. The van der Waals surface area contributed by atoms with Gasteiger partial charge in [-0.05, 0) is 12.8 Å². The first-order chi connectivity index (χ1) is 9.28. The van der Waals surface area contributed by atoms with E-state index in [1.807, 2.05) is 6.07 Å². The molecule has 1 fully saturated rings. The van der Waals surface area contributed by atoms with E-state index >= 15 is 0 Å². The van der Waals surface area contributed by atoms with Gasteiger partial charge in [0.25, 0.3) is 5.82 Å². The van der Waals surface area contributed by atoms with Gasteiger partial charge >= 0.3 is 0 Å². The summed E-state index contributed by atoms with van der Waals surface area (Å²) in [5, 5.41) is 15.5. The third-order valence-corrected chi connectivity index (χ3v) is 2.77. The van der Waals surface area contributed by atoms with Gasteiger partial charge in [0.2, 0.25) is 0 Å². The average Bonchev–Trinajstić information content (AvgIpc) is 3.07. The van der Waals surface area contributed by atoms with Crippen LogP contribution in [0.2, 0.25) is 0 Å². The number of hydrogen-bond donors (Lipinski definition) is 2. The van der Waals surface area contributed by atoms with Gasteiger partial charge in [0.15, 0.2) is 5.96 Å². The SMILES string of the molecule is N#Cc1ncn(CCNC(N)=NCC2CCCO2)n1. The van der Waals surface area contributed by atoms with Crippen LogP contribution in [0, 0.1) is 11.3 Å². The Hall–Kier alpha value is -2.14. The molecule has 8 nitrogen and oxygen atoms in total. The van der Waals surface area contributed by atoms with E-state index in [9.17, 15) is 0 Å². The van der Waals surface area contributed by atoms with Gasteiger partial charge in [-0.25, -0.2) is 9.67 Å². The maximum atomic E-state index is 8.58. The zero-order valence-electron chi connectivity index (χ0n) is 10.6. The molecule has 3 N–H and O–H groups in total. The minimum Gasteiger partial charge on any atom is -0.376 e. The van der Waals surface area contributed by atoms with Crippen LogP contribution in [0.3, 0.4) is 0 Å². The fourth-order valence-corrected chi connectivity index (χ4v) is 1.80. The number of nitriles is 1. The van der Waals surface area contributed by atoms with Crippen molar-refractivity contribution in [2.45, 2.75) is 25.5 Å². The molecule has 1 aromatic rings. The Morgan fingerprint density at radius 1 is 1.74 bits per heavy atom. The summed E-state index contributed by atoms with van der Waals surface area (Å²) in [6.07, 6.45) is 3.86. The zero-order chi connectivity index (χ0) is 13.5. The van der Waals surface area contributed by atoms with E-state index in [0.29, 0.717) is 25.6 Å². The van der Waals surface area contributed by atoms with E-state index in [2.05, 4.69) is 20.4 Å². The number of ether oxygens (including phenoxy) is 1. The molecule has 1 unspecified atom stereocenters. The normalized spacial score (nSPS) is 19.3. The number of guanidine groups is 1. The Morgan fingerprint density at radius 2 is 2.63 bits per heavy atom. The summed E-state index contributed by atoms with van der Waals surface area (Å²) >= 11 is 0. The van der Waals surface area contributed by atoms with E-state index in [1.165, 1.54) is 6.33 Å². The highest BCUT2D eigenvalue weighted by atomic mass is 16.5. The van der Waals surface area contributed by atoms with Gasteiger partial charge in [-0.15, -0.1) is 5.10 Å². The number of hydrogen-bond acceptors (Lipinski definition) is 5. The van der Waals surface area contributed by atoms with Crippen LogP contribution >= 0.6 is 0 Å². The summed E-state index contributed by atoms with van der Waals surface area (Å²) in [5.41, 5.74) is 5.73. The number of nitrogens with zero attached hydrogens (tertiary/aromatic N) is 5. The van der Waals surface area contributed by atoms with Gasteiger partial charge in [0.05, 0.1) is 19.2 Å². The molecular formula is C11H17N7O. The van der Waals surface area contributed by atoms with Crippen molar-refractivity contribution in [3.05, 3.63) is 12.2 Å². The first kappa shape index (κ1) is 13.3. The summed E-state index contributed by atoms with van der Waals surface area (Å²) < 4.78 is 7.03. The topological polar surface area (TPSA) is 114 Å².